The summed E-state index contributed by atoms with van der Waals surface area (Å²) in [5.74, 6) is -0.536. The van der Waals surface area contributed by atoms with E-state index in [1.54, 1.807) is 25.1 Å². The first-order valence-electron chi connectivity index (χ1n) is 6.90. The van der Waals surface area contributed by atoms with E-state index in [1.165, 1.54) is 0 Å². The summed E-state index contributed by atoms with van der Waals surface area (Å²) in [6, 6.07) is 4.54. The van der Waals surface area contributed by atoms with Crippen molar-refractivity contribution in [3.63, 3.8) is 0 Å². The molecule has 0 aliphatic carbocycles. The summed E-state index contributed by atoms with van der Waals surface area (Å²) in [6.07, 6.45) is 0. The minimum absolute atomic E-state index is 0.0292. The first-order chi connectivity index (χ1) is 9.72. The van der Waals surface area contributed by atoms with Crippen LogP contribution in [-0.4, -0.2) is 38.0 Å². The van der Waals surface area contributed by atoms with Crippen LogP contribution < -0.4 is 21.3 Å². The minimum Gasteiger partial charge on any atom is -0.399 e. The number of nitrogens with one attached hydrogen (secondary N) is 2. The summed E-state index contributed by atoms with van der Waals surface area (Å²) < 4.78 is 0. The number of nitrogens with zero attached hydrogens (tertiary/aromatic N) is 1. The van der Waals surface area contributed by atoms with E-state index in [9.17, 15) is 9.59 Å². The van der Waals surface area contributed by atoms with Crippen LogP contribution in [0.3, 0.4) is 0 Å². The number of benzene rings is 1. The van der Waals surface area contributed by atoms with Crippen LogP contribution in [0, 0.1) is 0 Å². The molecule has 6 nitrogen and oxygen atoms in total. The fraction of sp³-hybridized carbons (Fsp3) is 0.467. The largest absolute Gasteiger partial charge is 0.399 e. The third-order valence-corrected chi connectivity index (χ3v) is 2.92. The summed E-state index contributed by atoms with van der Waals surface area (Å²) in [7, 11) is 3.69. The van der Waals surface area contributed by atoms with Crippen molar-refractivity contribution in [2.75, 3.05) is 24.7 Å². The van der Waals surface area contributed by atoms with Crippen LogP contribution in [0.1, 0.15) is 31.1 Å². The van der Waals surface area contributed by atoms with E-state index in [0.29, 0.717) is 11.3 Å². The Labute approximate surface area is 125 Å². The van der Waals surface area contributed by atoms with Gasteiger partial charge in [0.15, 0.2) is 0 Å². The number of hydrogen-bond acceptors (Lipinski definition) is 4. The van der Waals surface area contributed by atoms with E-state index in [4.69, 9.17) is 5.73 Å². The fourth-order valence-electron chi connectivity index (χ4n) is 1.87. The van der Waals surface area contributed by atoms with Crippen molar-refractivity contribution in [3.8, 4) is 0 Å². The monoisotopic (exact) mass is 292 g/mol. The molecule has 0 aliphatic rings. The van der Waals surface area contributed by atoms with Gasteiger partial charge in [-0.05, 0) is 39.0 Å². The maximum Gasteiger partial charge on any atom is 0.254 e. The number of amides is 2. The number of carbonyl (C=O) groups excluding carboxylic acids is 2. The van der Waals surface area contributed by atoms with Crippen molar-refractivity contribution >= 4 is 23.2 Å². The lowest BCUT2D eigenvalue weighted by atomic mass is 10.1. The number of carbonyl (C=O) groups is 2. The van der Waals surface area contributed by atoms with Crippen LogP contribution in [0.2, 0.25) is 0 Å². The lowest BCUT2D eigenvalue weighted by molar-refractivity contribution is -0.123. The third kappa shape index (κ3) is 4.66. The molecule has 1 rings (SSSR count). The van der Waals surface area contributed by atoms with Crippen LogP contribution >= 0.6 is 0 Å². The molecule has 0 fully saturated rings. The highest BCUT2D eigenvalue weighted by molar-refractivity contribution is 6.02. The Bertz CT molecular complexity index is 526. The first-order valence-corrected chi connectivity index (χ1v) is 6.90. The molecule has 1 aromatic rings. The van der Waals surface area contributed by atoms with Gasteiger partial charge in [0.1, 0.15) is 6.04 Å². The molecule has 0 saturated carbocycles. The summed E-state index contributed by atoms with van der Waals surface area (Å²) in [5.41, 5.74) is 7.45. The van der Waals surface area contributed by atoms with E-state index in [1.807, 2.05) is 32.8 Å². The average molecular weight is 292 g/mol. The molecule has 0 aromatic heterocycles. The quantitative estimate of drug-likeness (QED) is 0.706. The molecule has 21 heavy (non-hydrogen) atoms. The van der Waals surface area contributed by atoms with Gasteiger partial charge in [-0.3, -0.25) is 9.59 Å². The maximum absolute atomic E-state index is 12.3. The molecule has 0 saturated heterocycles. The number of anilines is 2. The Morgan fingerprint density at radius 3 is 2.29 bits per heavy atom. The topological polar surface area (TPSA) is 87.5 Å². The second-order valence-electron chi connectivity index (χ2n) is 5.53. The molecule has 1 unspecified atom stereocenters. The van der Waals surface area contributed by atoms with Crippen molar-refractivity contribution < 1.29 is 9.59 Å². The number of hydrogen-bond donors (Lipinski definition) is 3. The lowest BCUT2D eigenvalue weighted by Gasteiger charge is -2.20. The molecule has 1 aromatic carbocycles. The standard InChI is InChI=1S/C15H24N4O2/c1-9(2)17-14(20)10(3)18-15(21)12-8-11(16)6-7-13(12)19(4)5/h6-10H,16H2,1-5H3,(H,17,20)(H,18,21). The molecule has 0 radical (unpaired) electrons. The highest BCUT2D eigenvalue weighted by Gasteiger charge is 2.19. The molecule has 2 amide bonds. The summed E-state index contributed by atoms with van der Waals surface area (Å²) >= 11 is 0. The molecule has 6 heteroatoms. The van der Waals surface area contributed by atoms with Crippen LogP contribution in [0.15, 0.2) is 18.2 Å². The Kier molecular flexibility index (Phi) is 5.58. The molecule has 1 atom stereocenters. The normalized spacial score (nSPS) is 11.9. The van der Waals surface area contributed by atoms with Gasteiger partial charge in [0.25, 0.3) is 5.91 Å². The number of nitrogens with two attached hydrogens (primary N) is 1. The third-order valence-electron chi connectivity index (χ3n) is 2.92. The zero-order valence-electron chi connectivity index (χ0n) is 13.2. The lowest BCUT2D eigenvalue weighted by Crippen LogP contribution is -2.47. The van der Waals surface area contributed by atoms with E-state index >= 15 is 0 Å². The Hall–Kier alpha value is -2.24. The molecule has 4 N–H and O–H groups in total. The highest BCUT2D eigenvalue weighted by Crippen LogP contribution is 2.21. The molecular formula is C15H24N4O2. The first kappa shape index (κ1) is 16.8. The van der Waals surface area contributed by atoms with Crippen molar-refractivity contribution in [2.45, 2.75) is 32.9 Å². The summed E-state index contributed by atoms with van der Waals surface area (Å²) in [4.78, 5) is 26.0. The predicted molar refractivity (Wildman–Crippen MR) is 85.4 cm³/mol. The number of rotatable bonds is 5. The molecule has 0 heterocycles. The summed E-state index contributed by atoms with van der Waals surface area (Å²) in [5, 5.41) is 5.45. The van der Waals surface area contributed by atoms with Gasteiger partial charge >= 0.3 is 0 Å². The summed E-state index contributed by atoms with van der Waals surface area (Å²) in [6.45, 7) is 5.39. The van der Waals surface area contributed by atoms with Crippen molar-refractivity contribution in [3.05, 3.63) is 23.8 Å². The molecule has 116 valence electrons. The Morgan fingerprint density at radius 2 is 1.76 bits per heavy atom. The van der Waals surface area contributed by atoms with Crippen LogP contribution in [0.25, 0.3) is 0 Å². The SMILES string of the molecule is CC(C)NC(=O)C(C)NC(=O)c1cc(N)ccc1N(C)C. The van der Waals surface area contributed by atoms with Gasteiger partial charge in [-0.25, -0.2) is 0 Å². The zero-order valence-corrected chi connectivity index (χ0v) is 13.2. The van der Waals surface area contributed by atoms with Gasteiger partial charge in [0, 0.05) is 31.5 Å². The van der Waals surface area contributed by atoms with E-state index in [0.717, 1.165) is 5.69 Å². The molecule has 0 aliphatic heterocycles. The maximum atomic E-state index is 12.3. The number of nitrogen functional groups attached to an aromatic ring is 1. The van der Waals surface area contributed by atoms with E-state index < -0.39 is 6.04 Å². The van der Waals surface area contributed by atoms with E-state index in [-0.39, 0.29) is 17.9 Å². The smallest absolute Gasteiger partial charge is 0.254 e. The molecular weight excluding hydrogens is 268 g/mol. The average Bonchev–Trinajstić information content (AvgIpc) is 2.37. The second kappa shape index (κ2) is 6.97. The second-order valence-corrected chi connectivity index (χ2v) is 5.53. The van der Waals surface area contributed by atoms with Gasteiger partial charge in [0.2, 0.25) is 5.91 Å². The predicted octanol–water partition coefficient (Wildman–Crippen LogP) is 0.978. The van der Waals surface area contributed by atoms with Gasteiger partial charge < -0.3 is 21.3 Å². The minimum atomic E-state index is -0.614. The van der Waals surface area contributed by atoms with Gasteiger partial charge in [-0.1, -0.05) is 0 Å². The van der Waals surface area contributed by atoms with Crippen LogP contribution in [-0.2, 0) is 4.79 Å². The van der Waals surface area contributed by atoms with Crippen LogP contribution in [0.5, 0.6) is 0 Å². The van der Waals surface area contributed by atoms with Crippen molar-refractivity contribution in [1.29, 1.82) is 0 Å². The Balaban J connectivity index is 2.89. The molecule has 0 spiro atoms. The van der Waals surface area contributed by atoms with E-state index in [2.05, 4.69) is 10.6 Å². The molecule has 0 bridgehead atoms. The van der Waals surface area contributed by atoms with Gasteiger partial charge in [-0.15, -0.1) is 0 Å². The van der Waals surface area contributed by atoms with Crippen LogP contribution in [0.4, 0.5) is 11.4 Å². The van der Waals surface area contributed by atoms with Gasteiger partial charge in [0.05, 0.1) is 5.56 Å². The fourth-order valence-corrected chi connectivity index (χ4v) is 1.87. The van der Waals surface area contributed by atoms with Crippen molar-refractivity contribution in [1.82, 2.24) is 10.6 Å². The van der Waals surface area contributed by atoms with Gasteiger partial charge in [-0.2, -0.15) is 0 Å². The Morgan fingerprint density at radius 1 is 1.14 bits per heavy atom. The highest BCUT2D eigenvalue weighted by atomic mass is 16.2. The van der Waals surface area contributed by atoms with Crippen molar-refractivity contribution in [2.24, 2.45) is 0 Å². The zero-order chi connectivity index (χ0) is 16.2.